The maximum absolute atomic E-state index is 13.5. The van der Waals surface area contributed by atoms with Crippen molar-refractivity contribution in [3.05, 3.63) is 47.3 Å². The molecule has 25 heavy (non-hydrogen) atoms. The van der Waals surface area contributed by atoms with E-state index in [1.165, 1.54) is 6.07 Å². The zero-order valence-corrected chi connectivity index (χ0v) is 17.0. The second-order valence-corrected chi connectivity index (χ2v) is 5.76. The monoisotopic (exact) mass is 460 g/mol. The minimum atomic E-state index is -0.371. The van der Waals surface area contributed by atoms with Gasteiger partial charge in [-0.1, -0.05) is 18.2 Å². The van der Waals surface area contributed by atoms with Crippen LogP contribution in [0.15, 0.2) is 35.3 Å². The highest BCUT2D eigenvalue weighted by atomic mass is 127. The summed E-state index contributed by atoms with van der Waals surface area (Å²) in [5, 5.41) is 9.31. The summed E-state index contributed by atoms with van der Waals surface area (Å²) in [6.07, 6.45) is 6.31. The molecule has 138 valence electrons. The molecule has 0 spiro atoms. The van der Waals surface area contributed by atoms with Gasteiger partial charge in [-0.25, -0.2) is 4.39 Å². The van der Waals surface area contributed by atoms with Gasteiger partial charge in [0.25, 0.3) is 5.91 Å². The Balaban J connectivity index is 0.00000312. The molecule has 1 aromatic rings. The fourth-order valence-corrected chi connectivity index (χ4v) is 2.42. The predicted molar refractivity (Wildman–Crippen MR) is 110 cm³/mol. The Labute approximate surface area is 165 Å². The highest BCUT2D eigenvalue weighted by Gasteiger charge is 2.11. The van der Waals surface area contributed by atoms with Crippen molar-refractivity contribution < 1.29 is 9.18 Å². The number of carbonyl (C=O) groups excluding carboxylic acids is 1. The minimum absolute atomic E-state index is 0. The number of benzene rings is 1. The van der Waals surface area contributed by atoms with Crippen molar-refractivity contribution in [2.45, 2.75) is 32.7 Å². The Morgan fingerprint density at radius 1 is 1.28 bits per heavy atom. The van der Waals surface area contributed by atoms with Crippen LogP contribution < -0.4 is 16.0 Å². The van der Waals surface area contributed by atoms with Crippen LogP contribution in [-0.2, 0) is 0 Å². The zero-order valence-electron chi connectivity index (χ0n) is 14.6. The van der Waals surface area contributed by atoms with Crippen molar-refractivity contribution in [3.63, 3.8) is 0 Å². The number of guanidine groups is 1. The van der Waals surface area contributed by atoms with E-state index in [-0.39, 0.29) is 35.7 Å². The molecule has 3 N–H and O–H groups in total. The van der Waals surface area contributed by atoms with Gasteiger partial charge in [0.1, 0.15) is 5.82 Å². The minimum Gasteiger partial charge on any atom is -0.357 e. The highest BCUT2D eigenvalue weighted by Crippen LogP contribution is 2.09. The molecule has 0 unspecified atom stereocenters. The number of aryl methyl sites for hydroxylation is 1. The van der Waals surface area contributed by atoms with Gasteiger partial charge in [-0.3, -0.25) is 9.79 Å². The quantitative estimate of drug-likeness (QED) is 0.201. The maximum atomic E-state index is 13.5. The Hall–Kier alpha value is -1.64. The molecule has 2 rings (SSSR count). The average Bonchev–Trinajstić information content (AvgIpc) is 3.07. The van der Waals surface area contributed by atoms with Crippen LogP contribution in [0.1, 0.15) is 35.7 Å². The van der Waals surface area contributed by atoms with E-state index < -0.39 is 0 Å². The third-order valence-corrected chi connectivity index (χ3v) is 3.79. The van der Waals surface area contributed by atoms with Gasteiger partial charge in [-0.15, -0.1) is 24.0 Å². The first-order valence-corrected chi connectivity index (χ1v) is 8.34. The fraction of sp³-hybridized carbons (Fsp3) is 0.444. The van der Waals surface area contributed by atoms with E-state index >= 15 is 0 Å². The highest BCUT2D eigenvalue weighted by molar-refractivity contribution is 14.0. The van der Waals surface area contributed by atoms with Crippen LogP contribution in [0.3, 0.4) is 0 Å². The van der Waals surface area contributed by atoms with Crippen molar-refractivity contribution in [2.75, 3.05) is 19.6 Å². The summed E-state index contributed by atoms with van der Waals surface area (Å²) < 4.78 is 13.5. The number of hydrogen-bond donors (Lipinski definition) is 3. The van der Waals surface area contributed by atoms with Gasteiger partial charge in [0.05, 0.1) is 6.54 Å². The molecule has 1 aliphatic carbocycles. The Bertz CT molecular complexity index is 626. The van der Waals surface area contributed by atoms with E-state index in [4.69, 9.17) is 0 Å². The van der Waals surface area contributed by atoms with Crippen molar-refractivity contribution in [2.24, 2.45) is 4.99 Å². The molecule has 0 aliphatic heterocycles. The first kappa shape index (κ1) is 21.4. The molecule has 0 aromatic heterocycles. The summed E-state index contributed by atoms with van der Waals surface area (Å²) in [6.45, 7) is 5.31. The average molecular weight is 460 g/mol. The summed E-state index contributed by atoms with van der Waals surface area (Å²) in [7, 11) is 0. The third-order valence-electron chi connectivity index (χ3n) is 3.79. The first-order chi connectivity index (χ1) is 11.6. The molecule has 0 saturated carbocycles. The molecule has 1 aromatic carbocycles. The number of nitrogens with one attached hydrogen (secondary N) is 3. The number of amides is 1. The van der Waals surface area contributed by atoms with Crippen LogP contribution in [0.4, 0.5) is 4.39 Å². The van der Waals surface area contributed by atoms with Gasteiger partial charge in [-0.05, 0) is 44.4 Å². The lowest BCUT2D eigenvalue weighted by Gasteiger charge is -2.16. The predicted octanol–water partition coefficient (Wildman–Crippen LogP) is 2.76. The standard InChI is InChI=1S/C18H25FN4O.HI/c1-3-20-18(23-15-6-4-5-7-15)22-11-10-21-17(24)14-9-8-13(2)16(19)12-14;/h4-5,8-9,12,15H,3,6-7,10-11H2,1-2H3,(H,21,24)(H2,20,22,23);1H. The molecular formula is C18H26FIN4O. The molecule has 7 heteroatoms. The number of aliphatic imine (C=N–C) groups is 1. The molecule has 5 nitrogen and oxygen atoms in total. The van der Waals surface area contributed by atoms with Crippen molar-refractivity contribution >= 4 is 35.8 Å². The van der Waals surface area contributed by atoms with E-state index in [0.717, 1.165) is 25.3 Å². The third kappa shape index (κ3) is 7.01. The van der Waals surface area contributed by atoms with Gasteiger partial charge in [0, 0.05) is 24.7 Å². The van der Waals surface area contributed by atoms with Gasteiger partial charge in [0.15, 0.2) is 5.96 Å². The maximum Gasteiger partial charge on any atom is 0.251 e. The number of halogens is 2. The molecule has 0 saturated heterocycles. The summed E-state index contributed by atoms with van der Waals surface area (Å²) in [6, 6.07) is 4.86. The first-order valence-electron chi connectivity index (χ1n) is 8.34. The van der Waals surface area contributed by atoms with Crippen LogP contribution in [-0.4, -0.2) is 37.5 Å². The van der Waals surface area contributed by atoms with Crippen LogP contribution in [0.25, 0.3) is 0 Å². The Morgan fingerprint density at radius 2 is 2.00 bits per heavy atom. The summed E-state index contributed by atoms with van der Waals surface area (Å²) >= 11 is 0. The summed E-state index contributed by atoms with van der Waals surface area (Å²) in [5.41, 5.74) is 0.850. The molecule has 0 atom stereocenters. The smallest absolute Gasteiger partial charge is 0.251 e. The topological polar surface area (TPSA) is 65.5 Å². The van der Waals surface area contributed by atoms with Crippen LogP contribution in [0.5, 0.6) is 0 Å². The fourth-order valence-electron chi connectivity index (χ4n) is 2.42. The normalized spacial score (nSPS) is 14.1. The molecule has 0 heterocycles. The number of nitrogens with zero attached hydrogens (tertiary/aromatic N) is 1. The Morgan fingerprint density at radius 3 is 2.64 bits per heavy atom. The Kier molecular flexibility index (Phi) is 9.48. The van der Waals surface area contributed by atoms with Crippen molar-refractivity contribution in [1.82, 2.24) is 16.0 Å². The van der Waals surface area contributed by atoms with Gasteiger partial charge < -0.3 is 16.0 Å². The molecule has 0 radical (unpaired) electrons. The van der Waals surface area contributed by atoms with E-state index in [2.05, 4.69) is 33.1 Å². The molecular weight excluding hydrogens is 434 g/mol. The van der Waals surface area contributed by atoms with Crippen LogP contribution in [0.2, 0.25) is 0 Å². The molecule has 0 fully saturated rings. The number of carbonyl (C=O) groups is 1. The lowest BCUT2D eigenvalue weighted by molar-refractivity contribution is 0.0954. The van der Waals surface area contributed by atoms with E-state index in [9.17, 15) is 9.18 Å². The second kappa shape index (κ2) is 11.1. The van der Waals surface area contributed by atoms with E-state index in [0.29, 0.717) is 30.3 Å². The largest absolute Gasteiger partial charge is 0.357 e. The number of hydrogen-bond acceptors (Lipinski definition) is 2. The zero-order chi connectivity index (χ0) is 17.4. The summed E-state index contributed by atoms with van der Waals surface area (Å²) in [5.74, 6) is 0.0911. The molecule has 1 aliphatic rings. The molecule has 1 amide bonds. The molecule has 0 bridgehead atoms. The van der Waals surface area contributed by atoms with Crippen LogP contribution >= 0.6 is 24.0 Å². The lowest BCUT2D eigenvalue weighted by atomic mass is 10.1. The van der Waals surface area contributed by atoms with Gasteiger partial charge in [0.2, 0.25) is 0 Å². The second-order valence-electron chi connectivity index (χ2n) is 5.76. The SMILES string of the molecule is CCNC(=NCCNC(=O)c1ccc(C)c(F)c1)NC1CC=CC1.I. The van der Waals surface area contributed by atoms with E-state index in [1.54, 1.807) is 19.1 Å². The van der Waals surface area contributed by atoms with E-state index in [1.807, 2.05) is 6.92 Å². The van der Waals surface area contributed by atoms with Gasteiger partial charge in [-0.2, -0.15) is 0 Å². The van der Waals surface area contributed by atoms with Gasteiger partial charge >= 0.3 is 0 Å². The lowest BCUT2D eigenvalue weighted by Crippen LogP contribution is -2.43. The number of rotatable bonds is 6. The van der Waals surface area contributed by atoms with Crippen molar-refractivity contribution in [1.29, 1.82) is 0 Å². The van der Waals surface area contributed by atoms with Crippen molar-refractivity contribution in [3.8, 4) is 0 Å². The van der Waals surface area contributed by atoms with Crippen LogP contribution in [0, 0.1) is 12.7 Å². The summed E-state index contributed by atoms with van der Waals surface area (Å²) in [4.78, 5) is 16.4.